The van der Waals surface area contributed by atoms with Gasteiger partial charge in [0.2, 0.25) is 0 Å². The van der Waals surface area contributed by atoms with Crippen LogP contribution in [0.1, 0.15) is 30.3 Å². The maximum atomic E-state index is 12.0. The topological polar surface area (TPSA) is 91.2 Å². The third-order valence-corrected chi connectivity index (χ3v) is 3.28. The SMILES string of the molecule is CCCCNC(=S)NNC(=O)c1nn(-c2ccccc2)cc1O. The van der Waals surface area contributed by atoms with E-state index in [2.05, 4.69) is 28.2 Å². The molecule has 2 rings (SSSR count). The Morgan fingerprint density at radius 2 is 2.04 bits per heavy atom. The molecule has 1 amide bonds. The molecule has 0 aliphatic rings. The Morgan fingerprint density at radius 1 is 1.30 bits per heavy atom. The summed E-state index contributed by atoms with van der Waals surface area (Å²) in [5, 5.41) is 17.2. The zero-order valence-corrected chi connectivity index (χ0v) is 13.6. The number of carbonyl (C=O) groups excluding carboxylic acids is 1. The van der Waals surface area contributed by atoms with Crippen LogP contribution in [0.4, 0.5) is 0 Å². The highest BCUT2D eigenvalue weighted by Crippen LogP contribution is 2.17. The summed E-state index contributed by atoms with van der Waals surface area (Å²) in [6.07, 6.45) is 3.41. The van der Waals surface area contributed by atoms with Gasteiger partial charge in [-0.25, -0.2) is 4.68 Å². The van der Waals surface area contributed by atoms with E-state index in [0.717, 1.165) is 25.1 Å². The third-order valence-electron chi connectivity index (χ3n) is 3.04. The molecule has 7 nitrogen and oxygen atoms in total. The highest BCUT2D eigenvalue weighted by Gasteiger charge is 2.17. The summed E-state index contributed by atoms with van der Waals surface area (Å²) in [5.41, 5.74) is 5.64. The van der Waals surface area contributed by atoms with Gasteiger partial charge in [-0.2, -0.15) is 5.10 Å². The molecule has 1 heterocycles. The molecule has 23 heavy (non-hydrogen) atoms. The Hall–Kier alpha value is -2.61. The largest absolute Gasteiger partial charge is 0.504 e. The first-order valence-corrected chi connectivity index (χ1v) is 7.71. The molecule has 1 aromatic heterocycles. The van der Waals surface area contributed by atoms with Crippen LogP contribution < -0.4 is 16.2 Å². The smallest absolute Gasteiger partial charge is 0.294 e. The molecule has 0 radical (unpaired) electrons. The summed E-state index contributed by atoms with van der Waals surface area (Å²) in [6, 6.07) is 9.20. The van der Waals surface area contributed by atoms with Gasteiger partial charge in [0.25, 0.3) is 5.91 Å². The lowest BCUT2D eigenvalue weighted by atomic mass is 10.3. The average Bonchev–Trinajstić information content (AvgIpc) is 2.96. The predicted molar refractivity (Wildman–Crippen MR) is 91.3 cm³/mol. The third kappa shape index (κ3) is 4.68. The molecule has 0 aliphatic heterocycles. The second kappa shape index (κ2) is 8.14. The minimum atomic E-state index is -0.572. The molecule has 0 spiro atoms. The predicted octanol–water partition coefficient (Wildman–Crippen LogP) is 1.49. The van der Waals surface area contributed by atoms with E-state index in [4.69, 9.17) is 12.2 Å². The number of thiocarbonyl (C=S) groups is 1. The van der Waals surface area contributed by atoms with Crippen molar-refractivity contribution in [3.8, 4) is 11.4 Å². The van der Waals surface area contributed by atoms with Gasteiger partial charge in [-0.15, -0.1) is 0 Å². The summed E-state index contributed by atoms with van der Waals surface area (Å²) >= 11 is 5.03. The lowest BCUT2D eigenvalue weighted by molar-refractivity contribution is 0.0935. The van der Waals surface area contributed by atoms with Crippen molar-refractivity contribution in [3.63, 3.8) is 0 Å². The van der Waals surface area contributed by atoms with Crippen molar-refractivity contribution in [3.05, 3.63) is 42.2 Å². The van der Waals surface area contributed by atoms with Gasteiger partial charge in [0.15, 0.2) is 16.6 Å². The fourth-order valence-corrected chi connectivity index (χ4v) is 1.99. The van der Waals surface area contributed by atoms with E-state index in [0.29, 0.717) is 5.11 Å². The molecule has 0 saturated heterocycles. The van der Waals surface area contributed by atoms with Gasteiger partial charge in [-0.05, 0) is 30.8 Å². The highest BCUT2D eigenvalue weighted by atomic mass is 32.1. The summed E-state index contributed by atoms with van der Waals surface area (Å²) in [6.45, 7) is 2.80. The van der Waals surface area contributed by atoms with Crippen LogP contribution in [0, 0.1) is 0 Å². The van der Waals surface area contributed by atoms with Gasteiger partial charge in [-0.1, -0.05) is 31.5 Å². The van der Waals surface area contributed by atoms with Crippen LogP contribution in [-0.2, 0) is 0 Å². The molecule has 0 atom stereocenters. The minimum absolute atomic E-state index is 0.0855. The number of rotatable bonds is 5. The molecular formula is C15H19N5O2S. The Balaban J connectivity index is 1.95. The summed E-state index contributed by atoms with van der Waals surface area (Å²) in [4.78, 5) is 12.0. The molecule has 0 aliphatic carbocycles. The Morgan fingerprint density at radius 3 is 2.74 bits per heavy atom. The van der Waals surface area contributed by atoms with Gasteiger partial charge in [-0.3, -0.25) is 15.6 Å². The second-order valence-corrected chi connectivity index (χ2v) is 5.24. The monoisotopic (exact) mass is 333 g/mol. The van der Waals surface area contributed by atoms with E-state index in [9.17, 15) is 9.90 Å². The molecule has 0 bridgehead atoms. The van der Waals surface area contributed by atoms with Gasteiger partial charge in [0.05, 0.1) is 11.9 Å². The Kier molecular flexibility index (Phi) is 5.93. The minimum Gasteiger partial charge on any atom is -0.504 e. The lowest BCUT2D eigenvalue weighted by Crippen LogP contribution is -2.47. The van der Waals surface area contributed by atoms with E-state index in [-0.39, 0.29) is 11.4 Å². The van der Waals surface area contributed by atoms with Crippen LogP contribution in [-0.4, -0.2) is 32.5 Å². The maximum absolute atomic E-state index is 12.0. The number of aromatic nitrogens is 2. The van der Waals surface area contributed by atoms with Gasteiger partial charge < -0.3 is 10.4 Å². The summed E-state index contributed by atoms with van der Waals surface area (Å²) in [5.74, 6) is -0.783. The average molecular weight is 333 g/mol. The summed E-state index contributed by atoms with van der Waals surface area (Å²) in [7, 11) is 0. The first kappa shape index (κ1) is 16.8. The number of amides is 1. The zero-order valence-electron chi connectivity index (χ0n) is 12.7. The number of nitrogens with zero attached hydrogens (tertiary/aromatic N) is 2. The number of carbonyl (C=O) groups is 1. The van der Waals surface area contributed by atoms with E-state index in [1.54, 1.807) is 0 Å². The zero-order chi connectivity index (χ0) is 16.7. The quantitative estimate of drug-likeness (QED) is 0.376. The van der Waals surface area contributed by atoms with Crippen LogP contribution in [0.25, 0.3) is 5.69 Å². The van der Waals surface area contributed by atoms with Gasteiger partial charge >= 0.3 is 0 Å². The van der Waals surface area contributed by atoms with E-state index < -0.39 is 5.91 Å². The molecule has 0 saturated carbocycles. The normalized spacial score (nSPS) is 10.1. The fourth-order valence-electron chi connectivity index (χ4n) is 1.84. The molecule has 4 N–H and O–H groups in total. The van der Waals surface area contributed by atoms with Crippen LogP contribution in [0.15, 0.2) is 36.5 Å². The van der Waals surface area contributed by atoms with E-state index in [1.165, 1.54) is 10.9 Å². The first-order valence-electron chi connectivity index (χ1n) is 7.30. The molecule has 2 aromatic rings. The number of hydrazine groups is 1. The van der Waals surface area contributed by atoms with Crippen molar-refractivity contribution in [1.29, 1.82) is 0 Å². The van der Waals surface area contributed by atoms with Crippen molar-refractivity contribution in [1.82, 2.24) is 25.9 Å². The Bertz CT molecular complexity index is 672. The van der Waals surface area contributed by atoms with Gasteiger partial charge in [0, 0.05) is 6.54 Å². The van der Waals surface area contributed by atoms with E-state index in [1.807, 2.05) is 30.3 Å². The lowest BCUT2D eigenvalue weighted by Gasteiger charge is -2.10. The number of nitrogens with one attached hydrogen (secondary N) is 3. The first-order chi connectivity index (χ1) is 11.1. The number of hydrogen-bond donors (Lipinski definition) is 4. The fraction of sp³-hybridized carbons (Fsp3) is 0.267. The number of benzene rings is 1. The molecule has 122 valence electrons. The maximum Gasteiger partial charge on any atom is 0.294 e. The van der Waals surface area contributed by atoms with Crippen LogP contribution in [0.2, 0.25) is 0 Å². The van der Waals surface area contributed by atoms with Crippen molar-refractivity contribution < 1.29 is 9.90 Å². The summed E-state index contributed by atoms with van der Waals surface area (Å²) < 4.78 is 1.43. The van der Waals surface area contributed by atoms with E-state index >= 15 is 0 Å². The standard InChI is InChI=1S/C15H19N5O2S/c1-2-3-9-16-15(23)18-17-14(22)13-12(21)10-20(19-13)11-7-5-4-6-8-11/h4-8,10,21H,2-3,9H2,1H3,(H,17,22)(H2,16,18,23). The van der Waals surface area contributed by atoms with Crippen molar-refractivity contribution in [2.24, 2.45) is 0 Å². The van der Waals surface area contributed by atoms with Crippen LogP contribution in [0.5, 0.6) is 5.75 Å². The second-order valence-electron chi connectivity index (χ2n) is 4.83. The molecule has 1 aromatic carbocycles. The Labute approximate surface area is 139 Å². The van der Waals surface area contributed by atoms with Crippen molar-refractivity contribution in [2.45, 2.75) is 19.8 Å². The van der Waals surface area contributed by atoms with Crippen LogP contribution >= 0.6 is 12.2 Å². The molecule has 0 unspecified atom stereocenters. The highest BCUT2D eigenvalue weighted by molar-refractivity contribution is 7.80. The number of aromatic hydroxyl groups is 1. The van der Waals surface area contributed by atoms with Crippen LogP contribution in [0.3, 0.4) is 0 Å². The number of unbranched alkanes of at least 4 members (excludes halogenated alkanes) is 1. The molecule has 8 heteroatoms. The molecular weight excluding hydrogens is 314 g/mol. The number of para-hydroxylation sites is 1. The van der Waals surface area contributed by atoms with Crippen molar-refractivity contribution in [2.75, 3.05) is 6.54 Å². The van der Waals surface area contributed by atoms with Crippen molar-refractivity contribution >= 4 is 23.2 Å². The molecule has 0 fully saturated rings. The number of hydrogen-bond acceptors (Lipinski definition) is 4. The van der Waals surface area contributed by atoms with Gasteiger partial charge in [0.1, 0.15) is 0 Å².